The highest BCUT2D eigenvalue weighted by molar-refractivity contribution is 7.93. The van der Waals surface area contributed by atoms with Crippen molar-refractivity contribution in [3.8, 4) is 0 Å². The number of benzene rings is 1. The molecule has 0 fully saturated rings. The third-order valence-corrected chi connectivity index (χ3v) is 4.49. The third-order valence-electron chi connectivity index (χ3n) is 2.93. The molecule has 0 saturated heterocycles. The number of aromatic nitrogens is 2. The Balaban J connectivity index is 2.48. The summed E-state index contributed by atoms with van der Waals surface area (Å²) in [5, 5.41) is 3.99. The lowest BCUT2D eigenvalue weighted by molar-refractivity contribution is 0.600. The van der Waals surface area contributed by atoms with Crippen molar-refractivity contribution < 1.29 is 8.42 Å². The van der Waals surface area contributed by atoms with Gasteiger partial charge >= 0.3 is 0 Å². The second-order valence-electron chi connectivity index (χ2n) is 4.41. The Kier molecular flexibility index (Phi) is 3.23. The number of nitrogens with zero attached hydrogens (tertiary/aromatic N) is 2. The van der Waals surface area contributed by atoms with Gasteiger partial charge in [-0.2, -0.15) is 5.10 Å². The van der Waals surface area contributed by atoms with Crippen molar-refractivity contribution in [2.24, 2.45) is 7.05 Å². The first-order chi connectivity index (χ1) is 8.81. The van der Waals surface area contributed by atoms with E-state index in [1.54, 1.807) is 38.4 Å². The second-order valence-corrected chi connectivity index (χ2v) is 6.03. The van der Waals surface area contributed by atoms with E-state index in [9.17, 15) is 8.42 Å². The summed E-state index contributed by atoms with van der Waals surface area (Å²) in [6.45, 7) is 3.58. The van der Waals surface area contributed by atoms with E-state index in [-0.39, 0.29) is 16.4 Å². The highest BCUT2D eigenvalue weighted by Crippen LogP contribution is 2.26. The third kappa shape index (κ3) is 2.55. The van der Waals surface area contributed by atoms with Gasteiger partial charge in [0.25, 0.3) is 10.0 Å². The molecule has 19 heavy (non-hydrogen) atoms. The Morgan fingerprint density at radius 3 is 2.53 bits per heavy atom. The second kappa shape index (κ2) is 4.58. The van der Waals surface area contributed by atoms with Crippen LogP contribution in [0.15, 0.2) is 29.3 Å². The molecule has 0 bridgehead atoms. The summed E-state index contributed by atoms with van der Waals surface area (Å²) in [7, 11) is -2.02. The van der Waals surface area contributed by atoms with Crippen molar-refractivity contribution >= 4 is 21.5 Å². The normalized spacial score (nSPS) is 11.5. The molecule has 1 heterocycles. The number of aryl methyl sites for hydroxylation is 2. The summed E-state index contributed by atoms with van der Waals surface area (Å²) in [6, 6.07) is 4.97. The quantitative estimate of drug-likeness (QED) is 0.832. The molecular formula is C12H16N4O2S. The van der Waals surface area contributed by atoms with Crippen LogP contribution in [0.1, 0.15) is 11.1 Å². The monoisotopic (exact) mass is 280 g/mol. The molecule has 0 atom stereocenters. The zero-order valence-corrected chi connectivity index (χ0v) is 11.8. The zero-order valence-electron chi connectivity index (χ0n) is 11.0. The molecule has 3 N–H and O–H groups in total. The number of nitrogens with one attached hydrogen (secondary N) is 1. The smallest absolute Gasteiger partial charge is 0.265 e. The molecule has 0 aliphatic carbocycles. The van der Waals surface area contributed by atoms with Crippen LogP contribution < -0.4 is 10.5 Å². The first-order valence-corrected chi connectivity index (χ1v) is 7.18. The number of hydrogen-bond acceptors (Lipinski definition) is 4. The van der Waals surface area contributed by atoms with Crippen LogP contribution in [-0.4, -0.2) is 18.2 Å². The standard InChI is InChI=1S/C12H16N4O2S/c1-8-4-5-10(13)12(9(8)2)19(17,18)15-11-6-7-16(3)14-11/h4-7H,13H2,1-3H3,(H,14,15). The highest BCUT2D eigenvalue weighted by Gasteiger charge is 2.22. The maximum atomic E-state index is 12.4. The molecule has 1 aromatic heterocycles. The summed E-state index contributed by atoms with van der Waals surface area (Å²) < 4.78 is 28.7. The largest absolute Gasteiger partial charge is 0.398 e. The van der Waals surface area contributed by atoms with E-state index in [0.717, 1.165) is 5.56 Å². The Morgan fingerprint density at radius 1 is 1.26 bits per heavy atom. The van der Waals surface area contributed by atoms with Crippen LogP contribution in [0.2, 0.25) is 0 Å². The van der Waals surface area contributed by atoms with E-state index >= 15 is 0 Å². The minimum absolute atomic E-state index is 0.109. The predicted octanol–water partition coefficient (Wildman–Crippen LogP) is 1.42. The summed E-state index contributed by atoms with van der Waals surface area (Å²) in [5.41, 5.74) is 7.53. The van der Waals surface area contributed by atoms with Crippen LogP contribution in [-0.2, 0) is 17.1 Å². The van der Waals surface area contributed by atoms with Gasteiger partial charge in [-0.15, -0.1) is 0 Å². The Morgan fingerprint density at radius 2 is 1.95 bits per heavy atom. The zero-order chi connectivity index (χ0) is 14.2. The molecule has 0 radical (unpaired) electrons. The number of nitrogen functional groups attached to an aromatic ring is 1. The van der Waals surface area contributed by atoms with Gasteiger partial charge in [0.05, 0.1) is 5.69 Å². The van der Waals surface area contributed by atoms with Gasteiger partial charge in [-0.1, -0.05) is 6.07 Å². The summed E-state index contributed by atoms with van der Waals surface area (Å²) >= 11 is 0. The Hall–Kier alpha value is -2.02. The molecule has 2 aromatic rings. The van der Waals surface area contributed by atoms with Crippen LogP contribution in [0.3, 0.4) is 0 Å². The fourth-order valence-electron chi connectivity index (χ4n) is 1.83. The minimum atomic E-state index is -3.73. The molecule has 0 aliphatic rings. The summed E-state index contributed by atoms with van der Waals surface area (Å²) in [6.07, 6.45) is 1.66. The fourth-order valence-corrected chi connectivity index (χ4v) is 3.25. The van der Waals surface area contributed by atoms with Crippen molar-refractivity contribution in [2.45, 2.75) is 18.7 Å². The predicted molar refractivity (Wildman–Crippen MR) is 74.3 cm³/mol. The molecular weight excluding hydrogens is 264 g/mol. The molecule has 0 spiro atoms. The van der Waals surface area contributed by atoms with Gasteiger partial charge < -0.3 is 5.73 Å². The summed E-state index contributed by atoms with van der Waals surface area (Å²) in [5.74, 6) is 0.266. The van der Waals surface area contributed by atoms with E-state index in [2.05, 4.69) is 9.82 Å². The first-order valence-electron chi connectivity index (χ1n) is 5.69. The van der Waals surface area contributed by atoms with Crippen molar-refractivity contribution in [3.63, 3.8) is 0 Å². The maximum absolute atomic E-state index is 12.4. The lowest BCUT2D eigenvalue weighted by Crippen LogP contribution is -2.17. The van der Waals surface area contributed by atoms with Crippen LogP contribution in [0.25, 0.3) is 0 Å². The van der Waals surface area contributed by atoms with Gasteiger partial charge in [-0.3, -0.25) is 9.40 Å². The van der Waals surface area contributed by atoms with Crippen molar-refractivity contribution in [2.75, 3.05) is 10.5 Å². The molecule has 2 rings (SSSR count). The molecule has 0 aliphatic heterocycles. The molecule has 0 saturated carbocycles. The minimum Gasteiger partial charge on any atom is -0.398 e. The van der Waals surface area contributed by atoms with Gasteiger partial charge in [0, 0.05) is 19.3 Å². The van der Waals surface area contributed by atoms with E-state index in [0.29, 0.717) is 5.56 Å². The van der Waals surface area contributed by atoms with Crippen LogP contribution in [0, 0.1) is 13.8 Å². The fraction of sp³-hybridized carbons (Fsp3) is 0.250. The topological polar surface area (TPSA) is 90.0 Å². The van der Waals surface area contributed by atoms with E-state index in [1.807, 2.05) is 6.92 Å². The first kappa shape index (κ1) is 13.4. The lowest BCUT2D eigenvalue weighted by atomic mass is 10.1. The number of hydrogen-bond donors (Lipinski definition) is 2. The molecule has 0 amide bonds. The Bertz CT molecular complexity index is 719. The molecule has 1 aromatic carbocycles. The Labute approximate surface area is 112 Å². The molecule has 7 heteroatoms. The van der Waals surface area contributed by atoms with Gasteiger partial charge in [-0.05, 0) is 31.0 Å². The van der Waals surface area contributed by atoms with Crippen LogP contribution in [0.5, 0.6) is 0 Å². The highest BCUT2D eigenvalue weighted by atomic mass is 32.2. The number of anilines is 2. The van der Waals surface area contributed by atoms with Crippen LogP contribution in [0.4, 0.5) is 11.5 Å². The van der Waals surface area contributed by atoms with Gasteiger partial charge in [0.2, 0.25) is 0 Å². The molecule has 102 valence electrons. The number of nitrogens with two attached hydrogens (primary N) is 1. The van der Waals surface area contributed by atoms with Crippen molar-refractivity contribution in [1.29, 1.82) is 0 Å². The molecule has 6 nitrogen and oxygen atoms in total. The average molecular weight is 280 g/mol. The van der Waals surface area contributed by atoms with Crippen molar-refractivity contribution in [3.05, 3.63) is 35.5 Å². The van der Waals surface area contributed by atoms with E-state index in [1.165, 1.54) is 4.68 Å². The van der Waals surface area contributed by atoms with E-state index in [4.69, 9.17) is 5.73 Å². The van der Waals surface area contributed by atoms with Gasteiger partial charge in [-0.25, -0.2) is 8.42 Å². The number of rotatable bonds is 3. The SMILES string of the molecule is Cc1ccc(N)c(S(=O)(=O)Nc2ccn(C)n2)c1C. The summed E-state index contributed by atoms with van der Waals surface area (Å²) in [4.78, 5) is 0.109. The maximum Gasteiger partial charge on any atom is 0.265 e. The number of sulfonamides is 1. The van der Waals surface area contributed by atoms with Crippen LogP contribution >= 0.6 is 0 Å². The lowest BCUT2D eigenvalue weighted by Gasteiger charge is -2.13. The van der Waals surface area contributed by atoms with Crippen molar-refractivity contribution in [1.82, 2.24) is 9.78 Å². The average Bonchev–Trinajstić information content (AvgIpc) is 2.68. The van der Waals surface area contributed by atoms with Gasteiger partial charge in [0.15, 0.2) is 5.82 Å². The van der Waals surface area contributed by atoms with E-state index < -0.39 is 10.0 Å². The van der Waals surface area contributed by atoms with Gasteiger partial charge in [0.1, 0.15) is 4.90 Å². The molecule has 0 unspecified atom stereocenters.